The number of nitrogens with one attached hydrogen (secondary N) is 3. The summed E-state index contributed by atoms with van der Waals surface area (Å²) in [4.78, 5) is 38.1. The van der Waals surface area contributed by atoms with Crippen LogP contribution in [0.3, 0.4) is 0 Å². The fourth-order valence-electron chi connectivity index (χ4n) is 7.47. The number of likely N-dealkylation sites (N-methyl/N-ethyl adjacent to an activating group) is 1. The van der Waals surface area contributed by atoms with E-state index in [1.807, 2.05) is 51.2 Å². The molecular formula is C49H73N3O3. The molecule has 0 aromatic rings. The topological polar surface area (TPSA) is 87.3 Å². The Bertz CT molecular complexity index is 1650. The van der Waals surface area contributed by atoms with E-state index >= 15 is 0 Å². The SMILES string of the molecule is CCNC(=O)[C@H](CCCCCNC(=O)/C=C(C)/C=C/C=C(C)/C=C/C1=C(C)CCCC1(C)C)NC(=O)/C=C(C)/C=C/C=C(C)/C=C/C1=C(C)CCCC1(C)C. The molecule has 0 aromatic carbocycles. The maximum absolute atomic E-state index is 12.9. The molecule has 0 aliphatic heterocycles. The average molecular weight is 752 g/mol. The Balaban J connectivity index is 1.80. The zero-order valence-corrected chi connectivity index (χ0v) is 36.2. The number of allylic oxidation sites excluding steroid dienone is 18. The van der Waals surface area contributed by atoms with Crippen molar-refractivity contribution in [2.24, 2.45) is 10.8 Å². The Morgan fingerprint density at radius 3 is 1.62 bits per heavy atom. The van der Waals surface area contributed by atoms with Crippen LogP contribution in [0.5, 0.6) is 0 Å². The van der Waals surface area contributed by atoms with E-state index in [9.17, 15) is 14.4 Å². The third kappa shape index (κ3) is 17.9. The summed E-state index contributed by atoms with van der Waals surface area (Å²) in [7, 11) is 0. The quantitative estimate of drug-likeness (QED) is 0.0698. The number of hydrogen-bond acceptors (Lipinski definition) is 3. The predicted molar refractivity (Wildman–Crippen MR) is 234 cm³/mol. The standard InChI is InChI=1S/C49H73N3O3/c1-12-50-47(55)44(52-46(54)35-39(5)23-17-21-37(3)28-30-43-41(7)25-19-32-49(43,10)11)26-14-13-15-33-51-45(53)34-38(4)22-16-20-36(2)27-29-42-40(6)24-18-31-48(42,8)9/h16-17,20-23,27-30,34-35,44H,12-15,18-19,24-26,31-33H2,1-11H3,(H,50,55)(H,51,53)(H,52,54)/b22-16+,23-17+,29-27+,30-28+,36-20+,37-21+,38-34+,39-35+/t44-/m0/s1. The Morgan fingerprint density at radius 2 is 1.15 bits per heavy atom. The van der Waals surface area contributed by atoms with Gasteiger partial charge in [0.05, 0.1) is 0 Å². The number of amides is 3. The van der Waals surface area contributed by atoms with Gasteiger partial charge in [0.1, 0.15) is 6.04 Å². The molecule has 6 heteroatoms. The van der Waals surface area contributed by atoms with Gasteiger partial charge in [0.15, 0.2) is 0 Å². The van der Waals surface area contributed by atoms with Crippen LogP contribution in [0.1, 0.15) is 140 Å². The monoisotopic (exact) mass is 752 g/mol. The van der Waals surface area contributed by atoms with Crippen molar-refractivity contribution in [1.82, 2.24) is 16.0 Å². The summed E-state index contributed by atoms with van der Waals surface area (Å²) < 4.78 is 0. The van der Waals surface area contributed by atoms with Gasteiger partial charge in [0.2, 0.25) is 17.7 Å². The highest BCUT2D eigenvalue weighted by Crippen LogP contribution is 2.41. The second-order valence-corrected chi connectivity index (χ2v) is 16.9. The van der Waals surface area contributed by atoms with Gasteiger partial charge in [-0.3, -0.25) is 14.4 Å². The Morgan fingerprint density at radius 1 is 0.655 bits per heavy atom. The molecule has 302 valence electrons. The molecular weight excluding hydrogens is 679 g/mol. The lowest BCUT2D eigenvalue weighted by Crippen LogP contribution is -2.46. The van der Waals surface area contributed by atoms with Crippen molar-refractivity contribution in [3.05, 3.63) is 117 Å². The van der Waals surface area contributed by atoms with Crippen molar-refractivity contribution >= 4 is 17.7 Å². The molecule has 0 radical (unpaired) electrons. The van der Waals surface area contributed by atoms with Crippen LogP contribution in [-0.2, 0) is 14.4 Å². The molecule has 2 aliphatic rings. The fraction of sp³-hybridized carbons (Fsp3) is 0.531. The lowest BCUT2D eigenvalue weighted by molar-refractivity contribution is -0.127. The smallest absolute Gasteiger partial charge is 0.244 e. The second-order valence-electron chi connectivity index (χ2n) is 16.9. The molecule has 0 saturated heterocycles. The lowest BCUT2D eigenvalue weighted by atomic mass is 9.72. The van der Waals surface area contributed by atoms with Crippen molar-refractivity contribution in [1.29, 1.82) is 0 Å². The molecule has 0 saturated carbocycles. The number of hydrogen-bond donors (Lipinski definition) is 3. The molecule has 2 aliphatic carbocycles. The Kier molecular flexibility index (Phi) is 20.2. The predicted octanol–water partition coefficient (Wildman–Crippen LogP) is 11.3. The number of carbonyl (C=O) groups excluding carboxylic acids is 3. The maximum Gasteiger partial charge on any atom is 0.244 e. The minimum Gasteiger partial charge on any atom is -0.355 e. The summed E-state index contributed by atoms with van der Waals surface area (Å²) in [5.74, 6) is -0.590. The summed E-state index contributed by atoms with van der Waals surface area (Å²) in [6.45, 7) is 24.7. The highest BCUT2D eigenvalue weighted by molar-refractivity contribution is 5.93. The van der Waals surface area contributed by atoms with Crippen LogP contribution in [0.25, 0.3) is 0 Å². The molecule has 0 unspecified atom stereocenters. The highest BCUT2D eigenvalue weighted by atomic mass is 16.2. The molecule has 0 heterocycles. The van der Waals surface area contributed by atoms with Crippen molar-refractivity contribution in [3.63, 3.8) is 0 Å². The van der Waals surface area contributed by atoms with Gasteiger partial charge >= 0.3 is 0 Å². The number of carbonyl (C=O) groups is 3. The van der Waals surface area contributed by atoms with Crippen molar-refractivity contribution in [3.8, 4) is 0 Å². The molecule has 2 rings (SSSR count). The fourth-order valence-corrected chi connectivity index (χ4v) is 7.47. The number of rotatable bonds is 19. The molecule has 1 atom stereocenters. The minimum absolute atomic E-state index is 0.119. The van der Waals surface area contributed by atoms with E-state index in [4.69, 9.17) is 0 Å². The van der Waals surface area contributed by atoms with E-state index in [1.54, 1.807) is 6.08 Å². The van der Waals surface area contributed by atoms with Crippen LogP contribution in [0, 0.1) is 10.8 Å². The van der Waals surface area contributed by atoms with Gasteiger partial charge in [-0.1, -0.05) is 124 Å². The van der Waals surface area contributed by atoms with E-state index in [2.05, 4.69) is 102 Å². The van der Waals surface area contributed by atoms with E-state index in [0.717, 1.165) is 41.6 Å². The summed E-state index contributed by atoms with van der Waals surface area (Å²) in [6, 6.07) is -0.616. The first-order chi connectivity index (χ1) is 25.9. The van der Waals surface area contributed by atoms with Gasteiger partial charge in [-0.2, -0.15) is 0 Å². The first kappa shape index (κ1) is 47.0. The highest BCUT2D eigenvalue weighted by Gasteiger charge is 2.27. The Labute approximate surface area is 334 Å². The molecule has 0 bridgehead atoms. The summed E-state index contributed by atoms with van der Waals surface area (Å²) >= 11 is 0. The minimum atomic E-state index is -0.616. The van der Waals surface area contributed by atoms with Crippen molar-refractivity contribution in [2.45, 2.75) is 146 Å². The van der Waals surface area contributed by atoms with Gasteiger partial charge in [-0.15, -0.1) is 0 Å². The van der Waals surface area contributed by atoms with Gasteiger partial charge < -0.3 is 16.0 Å². The van der Waals surface area contributed by atoms with E-state index in [0.29, 0.717) is 19.5 Å². The summed E-state index contributed by atoms with van der Waals surface area (Å²) in [5.41, 5.74) is 10.3. The van der Waals surface area contributed by atoms with Crippen LogP contribution in [0.2, 0.25) is 0 Å². The van der Waals surface area contributed by atoms with E-state index in [1.165, 1.54) is 66.9 Å². The second kappa shape index (κ2) is 23.7. The van der Waals surface area contributed by atoms with E-state index < -0.39 is 6.04 Å². The zero-order chi connectivity index (χ0) is 41.0. The molecule has 3 amide bonds. The van der Waals surface area contributed by atoms with Gasteiger partial charge in [-0.05, 0) is 133 Å². The molecule has 6 nitrogen and oxygen atoms in total. The molecule has 3 N–H and O–H groups in total. The molecule has 55 heavy (non-hydrogen) atoms. The van der Waals surface area contributed by atoms with Gasteiger partial charge in [0.25, 0.3) is 0 Å². The average Bonchev–Trinajstić information content (AvgIpc) is 3.08. The van der Waals surface area contributed by atoms with Crippen LogP contribution < -0.4 is 16.0 Å². The largest absolute Gasteiger partial charge is 0.355 e. The first-order valence-electron chi connectivity index (χ1n) is 20.6. The first-order valence-corrected chi connectivity index (χ1v) is 20.6. The van der Waals surface area contributed by atoms with E-state index in [-0.39, 0.29) is 28.6 Å². The third-order valence-corrected chi connectivity index (χ3v) is 10.7. The van der Waals surface area contributed by atoms with Crippen LogP contribution in [0.15, 0.2) is 117 Å². The lowest BCUT2D eigenvalue weighted by Gasteiger charge is -2.33. The van der Waals surface area contributed by atoms with Crippen LogP contribution >= 0.6 is 0 Å². The molecule has 0 aromatic heterocycles. The molecule has 0 spiro atoms. The van der Waals surface area contributed by atoms with Crippen LogP contribution in [-0.4, -0.2) is 36.9 Å². The van der Waals surface area contributed by atoms with Gasteiger partial charge in [-0.25, -0.2) is 0 Å². The summed E-state index contributed by atoms with van der Waals surface area (Å²) in [5, 5.41) is 8.70. The summed E-state index contributed by atoms with van der Waals surface area (Å²) in [6.07, 6.45) is 34.1. The van der Waals surface area contributed by atoms with Crippen LogP contribution in [0.4, 0.5) is 0 Å². The van der Waals surface area contributed by atoms with Crippen molar-refractivity contribution < 1.29 is 14.4 Å². The Hall–Kier alpha value is -4.19. The maximum atomic E-state index is 12.9. The van der Waals surface area contributed by atoms with Crippen molar-refractivity contribution in [2.75, 3.05) is 13.1 Å². The van der Waals surface area contributed by atoms with Gasteiger partial charge in [0, 0.05) is 25.2 Å². The normalized spacial score (nSPS) is 19.3. The number of unbranched alkanes of at least 4 members (excludes halogenated alkanes) is 2. The molecule has 0 fully saturated rings. The zero-order valence-electron chi connectivity index (χ0n) is 36.2. The third-order valence-electron chi connectivity index (χ3n) is 10.7.